The van der Waals surface area contributed by atoms with E-state index in [1.54, 1.807) is 0 Å². The van der Waals surface area contributed by atoms with Crippen LogP contribution in [0.3, 0.4) is 0 Å². The van der Waals surface area contributed by atoms with Gasteiger partial charge in [-0.2, -0.15) is 0 Å². The van der Waals surface area contributed by atoms with E-state index >= 15 is 0 Å². The van der Waals surface area contributed by atoms with Gasteiger partial charge >= 0.3 is 0 Å². The van der Waals surface area contributed by atoms with E-state index in [1.165, 1.54) is 18.9 Å². The zero-order valence-corrected chi connectivity index (χ0v) is 8.35. The summed E-state index contributed by atoms with van der Waals surface area (Å²) in [6.45, 7) is 2.70. The maximum absolute atomic E-state index is 12.0. The molecule has 1 aromatic rings. The van der Waals surface area contributed by atoms with E-state index in [9.17, 15) is 4.79 Å². The van der Waals surface area contributed by atoms with Gasteiger partial charge in [0.25, 0.3) is 5.91 Å². The average Bonchev–Trinajstić information content (AvgIpc) is 2.87. The number of hydrogen-bond acceptors (Lipinski definition) is 4. The molecular formula is C10H13N3O2. The van der Waals surface area contributed by atoms with Gasteiger partial charge in [-0.05, 0) is 12.3 Å². The van der Waals surface area contributed by atoms with Crippen molar-refractivity contribution in [1.82, 2.24) is 15.4 Å². The van der Waals surface area contributed by atoms with Crippen molar-refractivity contribution < 1.29 is 9.32 Å². The van der Waals surface area contributed by atoms with Crippen LogP contribution in [0.4, 0.5) is 0 Å². The molecule has 2 unspecified atom stereocenters. The minimum Gasteiger partial charge on any atom is -0.364 e. The third-order valence-corrected chi connectivity index (χ3v) is 3.20. The summed E-state index contributed by atoms with van der Waals surface area (Å²) in [5.74, 6) is 0.655. The predicted octanol–water partition coefficient (Wildman–Crippen LogP) is 0.108. The summed E-state index contributed by atoms with van der Waals surface area (Å²) < 4.78 is 4.68. The molecule has 5 heteroatoms. The quantitative estimate of drug-likeness (QED) is 0.710. The first kappa shape index (κ1) is 8.91. The van der Waals surface area contributed by atoms with Gasteiger partial charge in [-0.25, -0.2) is 0 Å². The Morgan fingerprint density at radius 3 is 3.27 bits per heavy atom. The lowest BCUT2D eigenvalue weighted by molar-refractivity contribution is 0.0691. The van der Waals surface area contributed by atoms with Gasteiger partial charge in [0.15, 0.2) is 0 Å². The molecule has 80 valence electrons. The van der Waals surface area contributed by atoms with Crippen LogP contribution >= 0.6 is 0 Å². The molecule has 2 saturated heterocycles. The highest BCUT2D eigenvalue weighted by atomic mass is 16.5. The molecule has 15 heavy (non-hydrogen) atoms. The number of fused-ring (bicyclic) bond motifs is 2. The van der Waals surface area contributed by atoms with Gasteiger partial charge in [-0.15, -0.1) is 0 Å². The fraction of sp³-hybridized carbons (Fsp3) is 0.600. The van der Waals surface area contributed by atoms with Crippen molar-refractivity contribution in [3.63, 3.8) is 0 Å². The highest BCUT2D eigenvalue weighted by Crippen LogP contribution is 2.23. The molecule has 1 N–H and O–H groups in total. The lowest BCUT2D eigenvalue weighted by Gasteiger charge is -2.30. The Morgan fingerprint density at radius 1 is 1.60 bits per heavy atom. The third-order valence-electron chi connectivity index (χ3n) is 3.20. The second-order valence-electron chi connectivity index (χ2n) is 4.33. The number of nitrogens with one attached hydrogen (secondary N) is 1. The molecule has 3 heterocycles. The van der Waals surface area contributed by atoms with Crippen molar-refractivity contribution in [1.29, 1.82) is 0 Å². The number of hydrogen-bond donors (Lipinski definition) is 1. The van der Waals surface area contributed by atoms with Crippen LogP contribution in [0.2, 0.25) is 0 Å². The van der Waals surface area contributed by atoms with Crippen LogP contribution in [-0.4, -0.2) is 41.6 Å². The van der Waals surface area contributed by atoms with Crippen molar-refractivity contribution >= 4 is 5.91 Å². The van der Waals surface area contributed by atoms with Crippen LogP contribution in [0.25, 0.3) is 0 Å². The molecule has 1 amide bonds. The Kier molecular flexibility index (Phi) is 1.98. The van der Waals surface area contributed by atoms with E-state index in [1.807, 2.05) is 4.90 Å². The first-order valence-electron chi connectivity index (χ1n) is 5.25. The topological polar surface area (TPSA) is 58.4 Å². The van der Waals surface area contributed by atoms with Gasteiger partial charge in [0.1, 0.15) is 6.26 Å². The van der Waals surface area contributed by atoms with Crippen LogP contribution in [0.1, 0.15) is 16.8 Å². The van der Waals surface area contributed by atoms with E-state index in [-0.39, 0.29) is 5.91 Å². The molecule has 2 fully saturated rings. The largest absolute Gasteiger partial charge is 0.364 e. The van der Waals surface area contributed by atoms with Crippen molar-refractivity contribution in [2.45, 2.75) is 12.5 Å². The molecule has 2 aliphatic heterocycles. The summed E-state index contributed by atoms with van der Waals surface area (Å²) >= 11 is 0. The molecule has 0 aliphatic carbocycles. The molecule has 5 nitrogen and oxygen atoms in total. The van der Waals surface area contributed by atoms with E-state index in [0.717, 1.165) is 19.6 Å². The Morgan fingerprint density at radius 2 is 2.53 bits per heavy atom. The molecular weight excluding hydrogens is 194 g/mol. The number of piperidine rings is 1. The van der Waals surface area contributed by atoms with E-state index < -0.39 is 0 Å². The Hall–Kier alpha value is -1.36. The zero-order valence-electron chi connectivity index (χ0n) is 8.35. The van der Waals surface area contributed by atoms with Crippen molar-refractivity contribution in [3.05, 3.63) is 18.0 Å². The smallest absolute Gasteiger partial charge is 0.258 e. The maximum Gasteiger partial charge on any atom is 0.258 e. The van der Waals surface area contributed by atoms with Gasteiger partial charge in [-0.3, -0.25) is 4.79 Å². The molecule has 2 aliphatic rings. The zero-order chi connectivity index (χ0) is 10.3. The first-order valence-corrected chi connectivity index (χ1v) is 5.25. The number of carbonyl (C=O) groups is 1. The van der Waals surface area contributed by atoms with Gasteiger partial charge in [0, 0.05) is 25.7 Å². The fourth-order valence-corrected chi connectivity index (χ4v) is 2.49. The van der Waals surface area contributed by atoms with Crippen LogP contribution in [0, 0.1) is 5.92 Å². The second kappa shape index (κ2) is 3.34. The molecule has 0 saturated carbocycles. The predicted molar refractivity (Wildman–Crippen MR) is 52.3 cm³/mol. The lowest BCUT2D eigenvalue weighted by Crippen LogP contribution is -2.44. The summed E-state index contributed by atoms with van der Waals surface area (Å²) in [4.78, 5) is 13.9. The van der Waals surface area contributed by atoms with Gasteiger partial charge in [0.05, 0.1) is 11.8 Å². The summed E-state index contributed by atoms with van der Waals surface area (Å²) in [6, 6.07) is 0.479. The Labute approximate surface area is 87.4 Å². The van der Waals surface area contributed by atoms with Crippen molar-refractivity contribution in [2.75, 3.05) is 19.6 Å². The van der Waals surface area contributed by atoms with E-state index in [0.29, 0.717) is 17.5 Å². The first-order chi connectivity index (χ1) is 7.33. The van der Waals surface area contributed by atoms with Crippen molar-refractivity contribution in [3.8, 4) is 0 Å². The van der Waals surface area contributed by atoms with E-state index in [4.69, 9.17) is 0 Å². The number of nitrogens with zero attached hydrogens (tertiary/aromatic N) is 2. The summed E-state index contributed by atoms with van der Waals surface area (Å²) in [5, 5.41) is 6.97. The Balaban J connectivity index is 1.75. The Bertz CT molecular complexity index is 351. The lowest BCUT2D eigenvalue weighted by atomic mass is 9.99. The summed E-state index contributed by atoms with van der Waals surface area (Å²) in [7, 11) is 0. The number of amides is 1. The number of aromatic nitrogens is 1. The number of rotatable bonds is 1. The maximum atomic E-state index is 12.0. The van der Waals surface area contributed by atoms with Crippen molar-refractivity contribution in [2.24, 2.45) is 5.92 Å². The number of carbonyl (C=O) groups excluding carboxylic acids is 1. The molecule has 2 atom stereocenters. The third kappa shape index (κ3) is 1.52. The summed E-state index contributed by atoms with van der Waals surface area (Å²) in [5.41, 5.74) is 0.552. The molecule has 0 spiro atoms. The monoisotopic (exact) mass is 207 g/mol. The standard InChI is InChI=1S/C10H13N3O2/c14-10(8-3-12-15-6-8)13-4-7-1-9(5-13)11-2-7/h3,6-7,9,11H,1-2,4-5H2. The van der Waals surface area contributed by atoms with E-state index in [2.05, 4.69) is 15.0 Å². The van der Waals surface area contributed by atoms with Gasteiger partial charge in [0.2, 0.25) is 0 Å². The minimum absolute atomic E-state index is 0.0367. The molecule has 0 radical (unpaired) electrons. The summed E-state index contributed by atoms with van der Waals surface area (Å²) in [6.07, 6.45) is 4.09. The minimum atomic E-state index is 0.0367. The highest BCUT2D eigenvalue weighted by Gasteiger charge is 2.35. The highest BCUT2D eigenvalue weighted by molar-refractivity contribution is 5.93. The van der Waals surface area contributed by atoms with Crippen LogP contribution in [0.5, 0.6) is 0 Å². The SMILES string of the molecule is O=C(c1cnoc1)N1CC2CNC(C2)C1. The van der Waals surface area contributed by atoms with Gasteiger partial charge in [-0.1, -0.05) is 5.16 Å². The van der Waals surface area contributed by atoms with Gasteiger partial charge < -0.3 is 14.7 Å². The molecule has 1 aromatic heterocycles. The molecule has 2 bridgehead atoms. The normalized spacial score (nSPS) is 29.5. The average molecular weight is 207 g/mol. The fourth-order valence-electron chi connectivity index (χ4n) is 2.49. The van der Waals surface area contributed by atoms with Crippen LogP contribution < -0.4 is 5.32 Å². The molecule has 3 rings (SSSR count). The molecule has 0 aromatic carbocycles. The van der Waals surface area contributed by atoms with Crippen LogP contribution in [0.15, 0.2) is 17.0 Å². The second-order valence-corrected chi connectivity index (χ2v) is 4.33. The van der Waals surface area contributed by atoms with Crippen LogP contribution in [-0.2, 0) is 0 Å². The number of likely N-dealkylation sites (tertiary alicyclic amines) is 1.